The average molecular weight is 216 g/mol. The van der Waals surface area contributed by atoms with Gasteiger partial charge in [-0.3, -0.25) is 0 Å². The maximum atomic E-state index is 11.8. The van der Waals surface area contributed by atoms with E-state index in [4.69, 9.17) is 0 Å². The molecule has 0 aliphatic carbocycles. The molecule has 15 heavy (non-hydrogen) atoms. The molecule has 84 valence electrons. The normalized spacial score (nSPS) is 13.1. The van der Waals surface area contributed by atoms with Gasteiger partial charge in [0.15, 0.2) is 0 Å². The van der Waals surface area contributed by atoms with Crippen LogP contribution in [0.1, 0.15) is 27.2 Å². The molecule has 0 heterocycles. The Hall–Kier alpha value is -1.17. The van der Waals surface area contributed by atoms with E-state index in [0.29, 0.717) is 0 Å². The number of allylic oxidation sites excluding steroid dienone is 4. The molecule has 0 saturated heterocycles. The van der Waals surface area contributed by atoms with Gasteiger partial charge < -0.3 is 0 Å². The van der Waals surface area contributed by atoms with Gasteiger partial charge in [0, 0.05) is 5.57 Å². The van der Waals surface area contributed by atoms with Crippen LogP contribution in [0, 0.1) is 17.8 Å². The van der Waals surface area contributed by atoms with Gasteiger partial charge in [0.1, 0.15) is 0 Å². The van der Waals surface area contributed by atoms with Crippen molar-refractivity contribution in [3.8, 4) is 11.8 Å². The number of hydrogen-bond acceptors (Lipinski definition) is 0. The fraction of sp³-hybridized carbons (Fsp3) is 0.500. The molecule has 0 unspecified atom stereocenters. The first-order chi connectivity index (χ1) is 6.87. The number of alkyl halides is 3. The molecular formula is C12H15F3. The molecule has 3 heteroatoms. The van der Waals surface area contributed by atoms with Crippen LogP contribution in [-0.2, 0) is 0 Å². The summed E-state index contributed by atoms with van der Waals surface area (Å²) in [6.07, 6.45) is -0.882. The van der Waals surface area contributed by atoms with Crippen LogP contribution in [0.15, 0.2) is 23.8 Å². The Morgan fingerprint density at radius 2 is 1.93 bits per heavy atom. The molecule has 0 aromatic carbocycles. The monoisotopic (exact) mass is 216 g/mol. The Kier molecular flexibility index (Phi) is 5.84. The molecule has 0 aromatic heterocycles. The van der Waals surface area contributed by atoms with Crippen LogP contribution in [0.5, 0.6) is 0 Å². The molecule has 0 atom stereocenters. The Bertz CT molecular complexity index is 295. The summed E-state index contributed by atoms with van der Waals surface area (Å²) in [5, 5.41) is 0. The molecule has 0 aromatic rings. The summed E-state index contributed by atoms with van der Waals surface area (Å²) >= 11 is 0. The quantitative estimate of drug-likeness (QED) is 0.492. The maximum absolute atomic E-state index is 11.8. The van der Waals surface area contributed by atoms with Crippen LogP contribution < -0.4 is 0 Å². The molecule has 0 bridgehead atoms. The molecule has 0 saturated carbocycles. The largest absolute Gasteiger partial charge is 0.392 e. The highest BCUT2D eigenvalue weighted by atomic mass is 19.4. The van der Waals surface area contributed by atoms with Gasteiger partial charge in [-0.05, 0) is 12.8 Å². The third kappa shape index (κ3) is 7.87. The molecule has 0 aliphatic heterocycles. The van der Waals surface area contributed by atoms with Crippen molar-refractivity contribution in [3.05, 3.63) is 23.8 Å². The number of hydrogen-bond donors (Lipinski definition) is 0. The van der Waals surface area contributed by atoms with E-state index < -0.39 is 12.6 Å². The first-order valence-corrected chi connectivity index (χ1v) is 4.73. The van der Waals surface area contributed by atoms with E-state index in [0.717, 1.165) is 11.6 Å². The van der Waals surface area contributed by atoms with Crippen molar-refractivity contribution in [1.82, 2.24) is 0 Å². The summed E-state index contributed by atoms with van der Waals surface area (Å²) in [5.41, 5.74) is 0.843. The summed E-state index contributed by atoms with van der Waals surface area (Å²) in [6, 6.07) is 0. The second kappa shape index (κ2) is 6.34. The maximum Gasteiger partial charge on any atom is 0.392 e. The van der Waals surface area contributed by atoms with Crippen LogP contribution in [-0.4, -0.2) is 6.18 Å². The fourth-order valence-electron chi connectivity index (χ4n) is 0.896. The Morgan fingerprint density at radius 1 is 1.33 bits per heavy atom. The fourth-order valence-corrected chi connectivity index (χ4v) is 0.896. The lowest BCUT2D eigenvalue weighted by molar-refractivity contribution is -0.125. The Morgan fingerprint density at radius 3 is 2.33 bits per heavy atom. The third-order valence-corrected chi connectivity index (χ3v) is 1.65. The second-order valence-corrected chi connectivity index (χ2v) is 3.40. The number of rotatable bonds is 3. The molecule has 0 rings (SSSR count). The Labute approximate surface area is 88.9 Å². The minimum atomic E-state index is -4.13. The van der Waals surface area contributed by atoms with E-state index >= 15 is 0 Å². The van der Waals surface area contributed by atoms with E-state index in [-0.39, 0.29) is 5.92 Å². The summed E-state index contributed by atoms with van der Waals surface area (Å²) in [7, 11) is 0. The first-order valence-electron chi connectivity index (χ1n) is 4.73. The summed E-state index contributed by atoms with van der Waals surface area (Å²) in [6.45, 7) is 5.61. The van der Waals surface area contributed by atoms with E-state index in [2.05, 4.69) is 11.8 Å². The first kappa shape index (κ1) is 13.8. The van der Waals surface area contributed by atoms with Gasteiger partial charge in [0.05, 0.1) is 6.42 Å². The van der Waals surface area contributed by atoms with Gasteiger partial charge in [-0.25, -0.2) is 0 Å². The standard InChI is InChI=1S/C12H15F3/c1-4-7-11(10(2)3)8-5-6-9-12(13,14)15/h5-6,8,10H,9H2,1-3H3/b6-5-,11-8+. The van der Waals surface area contributed by atoms with Crippen LogP contribution in [0.4, 0.5) is 13.2 Å². The second-order valence-electron chi connectivity index (χ2n) is 3.40. The Balaban J connectivity index is 4.39. The zero-order chi connectivity index (χ0) is 11.9. The van der Waals surface area contributed by atoms with E-state index in [1.165, 1.54) is 6.08 Å². The SMILES string of the molecule is CC#C/C(=C\C=C/CC(F)(F)F)C(C)C. The van der Waals surface area contributed by atoms with Crippen LogP contribution >= 0.6 is 0 Å². The van der Waals surface area contributed by atoms with Crippen molar-refractivity contribution in [2.75, 3.05) is 0 Å². The lowest BCUT2D eigenvalue weighted by Gasteiger charge is -2.02. The lowest BCUT2D eigenvalue weighted by atomic mass is 10.0. The molecule has 0 fully saturated rings. The van der Waals surface area contributed by atoms with Crippen LogP contribution in [0.2, 0.25) is 0 Å². The smallest absolute Gasteiger partial charge is 0.171 e. The molecule has 0 radical (unpaired) electrons. The minimum Gasteiger partial charge on any atom is -0.171 e. The van der Waals surface area contributed by atoms with Crippen molar-refractivity contribution in [2.24, 2.45) is 5.92 Å². The predicted octanol–water partition coefficient (Wildman–Crippen LogP) is 4.10. The van der Waals surface area contributed by atoms with E-state index in [1.807, 2.05) is 13.8 Å². The van der Waals surface area contributed by atoms with Gasteiger partial charge in [-0.1, -0.05) is 38.0 Å². The lowest BCUT2D eigenvalue weighted by Crippen LogP contribution is -2.03. The number of halogens is 3. The van der Waals surface area contributed by atoms with E-state index in [9.17, 15) is 13.2 Å². The molecule has 0 nitrogen and oxygen atoms in total. The zero-order valence-electron chi connectivity index (χ0n) is 9.15. The topological polar surface area (TPSA) is 0 Å². The van der Waals surface area contributed by atoms with Crippen molar-refractivity contribution in [1.29, 1.82) is 0 Å². The van der Waals surface area contributed by atoms with Crippen molar-refractivity contribution >= 4 is 0 Å². The summed E-state index contributed by atoms with van der Waals surface area (Å²) < 4.78 is 35.4. The van der Waals surface area contributed by atoms with Crippen molar-refractivity contribution < 1.29 is 13.2 Å². The molecular weight excluding hydrogens is 201 g/mol. The summed E-state index contributed by atoms with van der Waals surface area (Å²) in [4.78, 5) is 0. The van der Waals surface area contributed by atoms with Crippen molar-refractivity contribution in [2.45, 2.75) is 33.4 Å². The highest BCUT2D eigenvalue weighted by molar-refractivity contribution is 5.32. The minimum absolute atomic E-state index is 0.230. The van der Waals surface area contributed by atoms with Crippen molar-refractivity contribution in [3.63, 3.8) is 0 Å². The van der Waals surface area contributed by atoms with Gasteiger partial charge in [-0.2, -0.15) is 13.2 Å². The average Bonchev–Trinajstić information content (AvgIpc) is 2.08. The van der Waals surface area contributed by atoms with Crippen LogP contribution in [0.25, 0.3) is 0 Å². The molecule has 0 aliphatic rings. The molecule has 0 amide bonds. The van der Waals surface area contributed by atoms with Gasteiger partial charge in [-0.15, -0.1) is 5.92 Å². The zero-order valence-corrected chi connectivity index (χ0v) is 9.15. The highest BCUT2D eigenvalue weighted by Gasteiger charge is 2.24. The van der Waals surface area contributed by atoms with Gasteiger partial charge >= 0.3 is 6.18 Å². The molecule has 0 N–H and O–H groups in total. The van der Waals surface area contributed by atoms with Crippen LogP contribution in [0.3, 0.4) is 0 Å². The van der Waals surface area contributed by atoms with Gasteiger partial charge in [0.25, 0.3) is 0 Å². The van der Waals surface area contributed by atoms with Gasteiger partial charge in [0.2, 0.25) is 0 Å². The third-order valence-electron chi connectivity index (χ3n) is 1.65. The summed E-state index contributed by atoms with van der Waals surface area (Å²) in [5.74, 6) is 5.82. The highest BCUT2D eigenvalue weighted by Crippen LogP contribution is 2.19. The van der Waals surface area contributed by atoms with E-state index in [1.54, 1.807) is 13.0 Å². The molecule has 0 spiro atoms. The predicted molar refractivity (Wildman–Crippen MR) is 56.2 cm³/mol.